The molecule has 1 fully saturated rings. The summed E-state index contributed by atoms with van der Waals surface area (Å²) in [5.74, 6) is -1.60. The second-order valence-corrected chi connectivity index (χ2v) is 7.96. The van der Waals surface area contributed by atoms with Gasteiger partial charge in [-0.2, -0.15) is 13.2 Å². The van der Waals surface area contributed by atoms with Crippen LogP contribution >= 0.6 is 0 Å². The second-order valence-electron chi connectivity index (χ2n) is 5.73. The van der Waals surface area contributed by atoms with Crippen LogP contribution in [0, 0.1) is 0 Å². The first kappa shape index (κ1) is 20.0. The van der Waals surface area contributed by atoms with Gasteiger partial charge in [-0.3, -0.25) is 4.79 Å². The first-order valence-electron chi connectivity index (χ1n) is 7.57. The van der Waals surface area contributed by atoms with Crippen molar-refractivity contribution in [2.45, 2.75) is 18.6 Å². The maximum atomic E-state index is 12.4. The van der Waals surface area contributed by atoms with Crippen LogP contribution < -0.4 is 5.32 Å². The zero-order valence-electron chi connectivity index (χ0n) is 13.5. The van der Waals surface area contributed by atoms with Crippen molar-refractivity contribution in [2.75, 3.05) is 18.1 Å². The van der Waals surface area contributed by atoms with Gasteiger partial charge in [-0.05, 0) is 30.2 Å². The molecule has 1 aromatic rings. The molecule has 1 N–H and O–H groups in total. The van der Waals surface area contributed by atoms with E-state index in [1.165, 1.54) is 18.2 Å². The van der Waals surface area contributed by atoms with Crippen LogP contribution in [0.3, 0.4) is 0 Å². The van der Waals surface area contributed by atoms with Gasteiger partial charge >= 0.3 is 12.1 Å². The number of hydrogen-bond acceptors (Lipinski definition) is 5. The van der Waals surface area contributed by atoms with E-state index in [1.807, 2.05) is 0 Å². The summed E-state index contributed by atoms with van der Waals surface area (Å²) >= 11 is 0. The van der Waals surface area contributed by atoms with Gasteiger partial charge in [0.05, 0.1) is 17.1 Å². The third kappa shape index (κ3) is 6.17. The highest BCUT2D eigenvalue weighted by molar-refractivity contribution is 7.91. The molecule has 10 heteroatoms. The van der Waals surface area contributed by atoms with E-state index in [4.69, 9.17) is 4.74 Å². The van der Waals surface area contributed by atoms with Crippen LogP contribution in [0.5, 0.6) is 0 Å². The van der Waals surface area contributed by atoms with E-state index in [0.29, 0.717) is 12.0 Å². The molecule has 0 aliphatic carbocycles. The molecule has 0 radical (unpaired) electrons. The fourth-order valence-electron chi connectivity index (χ4n) is 2.31. The van der Waals surface area contributed by atoms with Gasteiger partial charge < -0.3 is 10.1 Å². The lowest BCUT2D eigenvalue weighted by molar-refractivity contribution is -0.144. The van der Waals surface area contributed by atoms with E-state index in [9.17, 15) is 31.2 Å². The summed E-state index contributed by atoms with van der Waals surface area (Å²) in [5, 5.41) is 2.46. The molecule has 1 amide bonds. The minimum atomic E-state index is -4.44. The van der Waals surface area contributed by atoms with Gasteiger partial charge in [0, 0.05) is 12.1 Å². The van der Waals surface area contributed by atoms with E-state index in [1.54, 1.807) is 0 Å². The number of carbonyl (C=O) groups excluding carboxylic acids is 2. The Morgan fingerprint density at radius 3 is 2.42 bits per heavy atom. The van der Waals surface area contributed by atoms with Crippen LogP contribution in [-0.2, 0) is 30.3 Å². The molecule has 1 aliphatic heterocycles. The predicted octanol–water partition coefficient (Wildman–Crippen LogP) is 1.57. The van der Waals surface area contributed by atoms with Crippen LogP contribution in [0.25, 0.3) is 6.08 Å². The number of nitrogens with one attached hydrogen (secondary N) is 1. The summed E-state index contributed by atoms with van der Waals surface area (Å²) in [6.45, 7) is -0.577. The molecular formula is C16H16F3NO5S. The van der Waals surface area contributed by atoms with Crippen LogP contribution in [0.15, 0.2) is 30.3 Å². The number of halogens is 3. The van der Waals surface area contributed by atoms with Gasteiger partial charge in [0.15, 0.2) is 16.4 Å². The topological polar surface area (TPSA) is 89.5 Å². The lowest BCUT2D eigenvalue weighted by Gasteiger charge is -2.10. The van der Waals surface area contributed by atoms with Crippen molar-refractivity contribution >= 4 is 27.8 Å². The van der Waals surface area contributed by atoms with Crippen molar-refractivity contribution in [1.82, 2.24) is 5.32 Å². The number of carbonyl (C=O) groups is 2. The Bertz CT molecular complexity index is 800. The third-order valence-corrected chi connectivity index (χ3v) is 5.36. The second kappa shape index (κ2) is 7.90. The highest BCUT2D eigenvalue weighted by Crippen LogP contribution is 2.29. The van der Waals surface area contributed by atoms with Gasteiger partial charge in [-0.25, -0.2) is 13.2 Å². The Hall–Kier alpha value is -2.36. The molecule has 26 heavy (non-hydrogen) atoms. The summed E-state index contributed by atoms with van der Waals surface area (Å²) in [6, 6.07) is 3.66. The van der Waals surface area contributed by atoms with Gasteiger partial charge in [-0.1, -0.05) is 12.1 Å². The minimum Gasteiger partial charge on any atom is -0.452 e. The van der Waals surface area contributed by atoms with E-state index in [2.05, 4.69) is 5.32 Å². The molecule has 1 aromatic carbocycles. The summed E-state index contributed by atoms with van der Waals surface area (Å²) in [7, 11) is -3.13. The van der Waals surface area contributed by atoms with Crippen LogP contribution in [0.2, 0.25) is 0 Å². The summed E-state index contributed by atoms with van der Waals surface area (Å²) in [5.41, 5.74) is -0.446. The number of rotatable bonds is 5. The highest BCUT2D eigenvalue weighted by Gasteiger charge is 2.30. The molecule has 0 aromatic heterocycles. The van der Waals surface area contributed by atoms with Gasteiger partial charge in [0.2, 0.25) is 0 Å². The van der Waals surface area contributed by atoms with Crippen LogP contribution in [0.4, 0.5) is 13.2 Å². The molecule has 1 aliphatic rings. The summed E-state index contributed by atoms with van der Waals surface area (Å²) < 4.78 is 64.6. The average molecular weight is 391 g/mol. The highest BCUT2D eigenvalue weighted by atomic mass is 32.2. The maximum absolute atomic E-state index is 12.4. The Kier molecular flexibility index (Phi) is 6.06. The lowest BCUT2D eigenvalue weighted by atomic mass is 10.1. The number of sulfone groups is 1. The standard InChI is InChI=1S/C16H16F3NO5S/c17-16(18,19)12-4-1-11(2-5-12)3-6-15(22)25-9-14(21)20-13-7-8-26(23,24)10-13/h1-6,13H,7-10H2,(H,20,21)/b6-3+/t13-/m0/s1. The largest absolute Gasteiger partial charge is 0.452 e. The molecule has 142 valence electrons. The fourth-order valence-corrected chi connectivity index (χ4v) is 3.98. The lowest BCUT2D eigenvalue weighted by Crippen LogP contribution is -2.38. The van der Waals surface area contributed by atoms with E-state index in [0.717, 1.165) is 18.2 Å². The molecule has 1 atom stereocenters. The Balaban J connectivity index is 1.77. The number of hydrogen-bond donors (Lipinski definition) is 1. The van der Waals surface area contributed by atoms with Crippen molar-refractivity contribution in [3.63, 3.8) is 0 Å². The summed E-state index contributed by atoms with van der Waals surface area (Å²) in [4.78, 5) is 23.1. The zero-order valence-corrected chi connectivity index (χ0v) is 14.3. The van der Waals surface area contributed by atoms with Crippen molar-refractivity contribution in [1.29, 1.82) is 0 Å². The normalized spacial score (nSPS) is 19.4. The van der Waals surface area contributed by atoms with Crippen LogP contribution in [0.1, 0.15) is 17.5 Å². The Morgan fingerprint density at radius 2 is 1.88 bits per heavy atom. The van der Waals surface area contributed by atoms with Crippen molar-refractivity contribution in [2.24, 2.45) is 0 Å². The monoisotopic (exact) mass is 391 g/mol. The Morgan fingerprint density at radius 1 is 1.23 bits per heavy atom. The average Bonchev–Trinajstić information content (AvgIpc) is 2.89. The van der Waals surface area contributed by atoms with Crippen LogP contribution in [-0.4, -0.2) is 44.4 Å². The first-order chi connectivity index (χ1) is 12.0. The molecule has 2 rings (SSSR count). The first-order valence-corrected chi connectivity index (χ1v) is 9.39. The molecule has 0 unspecified atom stereocenters. The van der Waals surface area contributed by atoms with E-state index in [-0.39, 0.29) is 11.5 Å². The Labute approximate surface area is 147 Å². The number of amides is 1. The summed E-state index contributed by atoms with van der Waals surface area (Å²) in [6.07, 6.45) is -1.89. The quantitative estimate of drug-likeness (QED) is 0.608. The zero-order chi connectivity index (χ0) is 19.4. The van der Waals surface area contributed by atoms with Gasteiger partial charge in [-0.15, -0.1) is 0 Å². The minimum absolute atomic E-state index is 0.00754. The smallest absolute Gasteiger partial charge is 0.416 e. The van der Waals surface area contributed by atoms with E-state index >= 15 is 0 Å². The van der Waals surface area contributed by atoms with Crippen molar-refractivity contribution in [3.8, 4) is 0 Å². The molecule has 0 spiro atoms. The fraction of sp³-hybridized carbons (Fsp3) is 0.375. The maximum Gasteiger partial charge on any atom is 0.416 e. The SMILES string of the molecule is O=C(COC(=O)/C=C/c1ccc(C(F)(F)F)cc1)N[C@H]1CCS(=O)(=O)C1. The van der Waals surface area contributed by atoms with E-state index < -0.39 is 46.1 Å². The molecular weight excluding hydrogens is 375 g/mol. The molecule has 0 bridgehead atoms. The van der Waals surface area contributed by atoms with Gasteiger partial charge in [0.1, 0.15) is 0 Å². The third-order valence-electron chi connectivity index (χ3n) is 3.59. The number of ether oxygens (including phenoxy) is 1. The molecule has 6 nitrogen and oxygen atoms in total. The molecule has 1 heterocycles. The van der Waals surface area contributed by atoms with Crippen molar-refractivity contribution < 1.29 is 35.9 Å². The van der Waals surface area contributed by atoms with Gasteiger partial charge in [0.25, 0.3) is 5.91 Å². The predicted molar refractivity (Wildman–Crippen MR) is 86.6 cm³/mol. The number of benzene rings is 1. The molecule has 0 saturated carbocycles. The molecule has 1 saturated heterocycles. The van der Waals surface area contributed by atoms with Crippen molar-refractivity contribution in [3.05, 3.63) is 41.5 Å². The number of esters is 1. The number of alkyl halides is 3.